The Morgan fingerprint density at radius 1 is 1.72 bits per heavy atom. The van der Waals surface area contributed by atoms with Gasteiger partial charge in [-0.05, 0) is 19.9 Å². The molecule has 1 saturated heterocycles. The molecule has 7 heteroatoms. The van der Waals surface area contributed by atoms with Crippen LogP contribution in [0.5, 0.6) is 0 Å². The Bertz CT molecular complexity index is 399. The molecule has 2 atom stereocenters. The molecule has 0 aromatic carbocycles. The Balaban J connectivity index is 0.00000162. The Hall–Kier alpha value is -0.690. The molecule has 0 saturated carbocycles. The molecule has 0 spiro atoms. The van der Waals surface area contributed by atoms with Crippen molar-refractivity contribution in [3.8, 4) is 0 Å². The quantitative estimate of drug-likeness (QED) is 0.867. The molecule has 1 aromatic rings. The predicted molar refractivity (Wildman–Crippen MR) is 73.4 cm³/mol. The maximum Gasteiger partial charge on any atom is 0.271 e. The topological polar surface area (TPSA) is 77.2 Å². The summed E-state index contributed by atoms with van der Waals surface area (Å²) in [5.41, 5.74) is 5.93. The summed E-state index contributed by atoms with van der Waals surface area (Å²) in [7, 11) is 0. The van der Waals surface area contributed by atoms with Crippen LogP contribution in [-0.2, 0) is 11.2 Å². The molecule has 3 N–H and O–H groups in total. The van der Waals surface area contributed by atoms with E-state index in [-0.39, 0.29) is 30.5 Å². The van der Waals surface area contributed by atoms with Crippen molar-refractivity contribution in [2.45, 2.75) is 31.9 Å². The van der Waals surface area contributed by atoms with Gasteiger partial charge in [0.1, 0.15) is 5.69 Å². The molecule has 1 aromatic heterocycles. The first kappa shape index (κ1) is 15.4. The van der Waals surface area contributed by atoms with Crippen LogP contribution in [0.4, 0.5) is 0 Å². The largest absolute Gasteiger partial charge is 0.376 e. The van der Waals surface area contributed by atoms with Crippen molar-refractivity contribution in [2.75, 3.05) is 13.2 Å². The van der Waals surface area contributed by atoms with Crippen LogP contribution in [-0.4, -0.2) is 36.2 Å². The average Bonchev–Trinajstić information content (AvgIpc) is 2.90. The van der Waals surface area contributed by atoms with Gasteiger partial charge in [0.15, 0.2) is 0 Å². The lowest BCUT2D eigenvalue weighted by atomic mass is 10.1. The third kappa shape index (κ3) is 3.65. The smallest absolute Gasteiger partial charge is 0.271 e. The van der Waals surface area contributed by atoms with Crippen molar-refractivity contribution in [1.82, 2.24) is 10.3 Å². The summed E-state index contributed by atoms with van der Waals surface area (Å²) in [6.45, 7) is 3.24. The van der Waals surface area contributed by atoms with Gasteiger partial charge in [0.2, 0.25) is 0 Å². The van der Waals surface area contributed by atoms with E-state index in [2.05, 4.69) is 10.3 Å². The van der Waals surface area contributed by atoms with E-state index in [1.165, 1.54) is 11.3 Å². The maximum atomic E-state index is 11.9. The third-order valence-corrected chi connectivity index (χ3v) is 3.74. The SMILES string of the molecule is CC1OCCC1NC(=O)c1csc(CCN)n1.Cl. The van der Waals surface area contributed by atoms with Crippen molar-refractivity contribution >= 4 is 29.7 Å². The first-order valence-corrected chi connectivity index (χ1v) is 6.65. The number of rotatable bonds is 4. The number of carbonyl (C=O) groups is 1. The summed E-state index contributed by atoms with van der Waals surface area (Å²) in [5, 5.41) is 5.64. The highest BCUT2D eigenvalue weighted by atomic mass is 35.5. The van der Waals surface area contributed by atoms with E-state index in [0.29, 0.717) is 18.8 Å². The van der Waals surface area contributed by atoms with Gasteiger partial charge in [-0.3, -0.25) is 4.79 Å². The predicted octanol–water partition coefficient (Wildman–Crippen LogP) is 0.973. The second-order valence-corrected chi connectivity index (χ2v) is 5.05. The van der Waals surface area contributed by atoms with Crippen LogP contribution in [0.2, 0.25) is 0 Å². The lowest BCUT2D eigenvalue weighted by molar-refractivity contribution is 0.0862. The zero-order valence-corrected chi connectivity index (χ0v) is 11.9. The van der Waals surface area contributed by atoms with Gasteiger partial charge < -0.3 is 15.8 Å². The van der Waals surface area contributed by atoms with Crippen LogP contribution < -0.4 is 11.1 Å². The van der Waals surface area contributed by atoms with Gasteiger partial charge in [-0.15, -0.1) is 23.7 Å². The number of nitrogens with one attached hydrogen (secondary N) is 1. The second-order valence-electron chi connectivity index (χ2n) is 4.11. The van der Waals surface area contributed by atoms with E-state index in [1.807, 2.05) is 6.92 Å². The van der Waals surface area contributed by atoms with Crippen LogP contribution in [0.1, 0.15) is 28.8 Å². The normalized spacial score (nSPS) is 22.6. The van der Waals surface area contributed by atoms with Gasteiger partial charge in [-0.1, -0.05) is 0 Å². The number of nitrogens with two attached hydrogens (primary N) is 1. The molecule has 2 rings (SSSR count). The molecule has 1 fully saturated rings. The summed E-state index contributed by atoms with van der Waals surface area (Å²) >= 11 is 1.48. The Morgan fingerprint density at radius 3 is 3.11 bits per heavy atom. The van der Waals surface area contributed by atoms with Crippen molar-refractivity contribution in [3.05, 3.63) is 16.1 Å². The van der Waals surface area contributed by atoms with E-state index in [4.69, 9.17) is 10.5 Å². The van der Waals surface area contributed by atoms with Gasteiger partial charge in [0, 0.05) is 18.4 Å². The number of aromatic nitrogens is 1. The highest BCUT2D eigenvalue weighted by Gasteiger charge is 2.26. The van der Waals surface area contributed by atoms with Crippen molar-refractivity contribution < 1.29 is 9.53 Å². The highest BCUT2D eigenvalue weighted by molar-refractivity contribution is 7.09. The molecular weight excluding hydrogens is 274 g/mol. The van der Waals surface area contributed by atoms with Gasteiger partial charge in [0.05, 0.1) is 17.2 Å². The number of hydrogen-bond donors (Lipinski definition) is 2. The average molecular weight is 292 g/mol. The Morgan fingerprint density at radius 2 is 2.50 bits per heavy atom. The number of carbonyl (C=O) groups excluding carboxylic acids is 1. The molecule has 102 valence electrons. The number of amides is 1. The molecule has 0 radical (unpaired) electrons. The summed E-state index contributed by atoms with van der Waals surface area (Å²) in [5.74, 6) is -0.119. The van der Waals surface area contributed by atoms with E-state index in [0.717, 1.165) is 17.8 Å². The first-order valence-electron chi connectivity index (χ1n) is 5.77. The highest BCUT2D eigenvalue weighted by Crippen LogP contribution is 2.14. The minimum absolute atomic E-state index is 0. The number of hydrogen-bond acceptors (Lipinski definition) is 5. The monoisotopic (exact) mass is 291 g/mol. The van der Waals surface area contributed by atoms with Gasteiger partial charge in [-0.25, -0.2) is 4.98 Å². The van der Waals surface area contributed by atoms with Gasteiger partial charge in [0.25, 0.3) is 5.91 Å². The maximum absolute atomic E-state index is 11.9. The zero-order chi connectivity index (χ0) is 12.3. The molecule has 2 heterocycles. The minimum Gasteiger partial charge on any atom is -0.376 e. The second kappa shape index (κ2) is 7.04. The molecule has 1 aliphatic heterocycles. The number of nitrogens with zero attached hydrogens (tertiary/aromatic N) is 1. The fraction of sp³-hybridized carbons (Fsp3) is 0.636. The summed E-state index contributed by atoms with van der Waals surface area (Å²) in [4.78, 5) is 16.2. The standard InChI is InChI=1S/C11H17N3O2S.ClH/c1-7-8(3-5-16-7)14-11(15)9-6-17-10(13-9)2-4-12;/h6-8H,2-5,12H2,1H3,(H,14,15);1H. The van der Waals surface area contributed by atoms with Crippen molar-refractivity contribution in [3.63, 3.8) is 0 Å². The van der Waals surface area contributed by atoms with Gasteiger partial charge in [-0.2, -0.15) is 0 Å². The Labute approximate surface area is 117 Å². The first-order chi connectivity index (χ1) is 8.20. The van der Waals surface area contributed by atoms with Crippen LogP contribution in [0.25, 0.3) is 0 Å². The van der Waals surface area contributed by atoms with Crippen molar-refractivity contribution in [2.24, 2.45) is 5.73 Å². The summed E-state index contributed by atoms with van der Waals surface area (Å²) in [6, 6.07) is 0.0992. The number of halogens is 1. The summed E-state index contributed by atoms with van der Waals surface area (Å²) in [6.07, 6.45) is 1.68. The molecule has 18 heavy (non-hydrogen) atoms. The molecule has 1 amide bonds. The van der Waals surface area contributed by atoms with E-state index in [9.17, 15) is 4.79 Å². The number of thiazole rings is 1. The van der Waals surface area contributed by atoms with Crippen LogP contribution in [0.15, 0.2) is 5.38 Å². The summed E-state index contributed by atoms with van der Waals surface area (Å²) < 4.78 is 5.40. The van der Waals surface area contributed by atoms with E-state index < -0.39 is 0 Å². The molecular formula is C11H18ClN3O2S. The minimum atomic E-state index is -0.119. The zero-order valence-electron chi connectivity index (χ0n) is 10.2. The molecule has 0 bridgehead atoms. The molecule has 0 aliphatic carbocycles. The molecule has 2 unspecified atom stereocenters. The fourth-order valence-corrected chi connectivity index (χ4v) is 2.61. The number of ether oxygens (including phenoxy) is 1. The molecule has 1 aliphatic rings. The third-order valence-electron chi connectivity index (χ3n) is 2.84. The van der Waals surface area contributed by atoms with Crippen LogP contribution >= 0.6 is 23.7 Å². The van der Waals surface area contributed by atoms with Gasteiger partial charge >= 0.3 is 0 Å². The Kier molecular flexibility index (Phi) is 6.01. The fourth-order valence-electron chi connectivity index (χ4n) is 1.82. The lowest BCUT2D eigenvalue weighted by Gasteiger charge is -2.14. The van der Waals surface area contributed by atoms with Crippen LogP contribution in [0, 0.1) is 0 Å². The van der Waals surface area contributed by atoms with Crippen molar-refractivity contribution in [1.29, 1.82) is 0 Å². The van der Waals surface area contributed by atoms with E-state index in [1.54, 1.807) is 5.38 Å². The lowest BCUT2D eigenvalue weighted by Crippen LogP contribution is -2.39. The van der Waals surface area contributed by atoms with E-state index >= 15 is 0 Å². The van der Waals surface area contributed by atoms with Crippen LogP contribution in [0.3, 0.4) is 0 Å². The molecule has 5 nitrogen and oxygen atoms in total.